The van der Waals surface area contributed by atoms with Crippen LogP contribution in [0.5, 0.6) is 0 Å². The molecule has 4 rings (SSSR count). The fourth-order valence-electron chi connectivity index (χ4n) is 3.23. The van der Waals surface area contributed by atoms with Crippen LogP contribution in [0.1, 0.15) is 16.3 Å². The molecule has 2 aromatic carbocycles. The number of nitrogens with one attached hydrogen (secondary N) is 2. The Morgan fingerprint density at radius 2 is 1.93 bits per heavy atom. The molecule has 4 aromatic rings. The standard InChI is InChI=1S/C22H21N3OS2/c1-13-7-9-15(10-8-13)19-14(2)28-22-20(19)21(26)24-18(25-22)12-23-16-5-4-6-17(11-16)27-3/h4-11,23H,12H2,1-3H3,(H,24,25,26). The van der Waals surface area contributed by atoms with Crippen LogP contribution in [-0.4, -0.2) is 16.2 Å². The van der Waals surface area contributed by atoms with Gasteiger partial charge in [0, 0.05) is 21.0 Å². The number of nitrogens with zero attached hydrogens (tertiary/aromatic N) is 1. The summed E-state index contributed by atoms with van der Waals surface area (Å²) in [4.78, 5) is 23.6. The van der Waals surface area contributed by atoms with Crippen molar-refractivity contribution >= 4 is 39.0 Å². The van der Waals surface area contributed by atoms with Crippen LogP contribution in [0.25, 0.3) is 21.3 Å². The van der Waals surface area contributed by atoms with Gasteiger partial charge in [0.1, 0.15) is 10.7 Å². The Balaban J connectivity index is 1.67. The van der Waals surface area contributed by atoms with Crippen LogP contribution in [0.2, 0.25) is 0 Å². The zero-order chi connectivity index (χ0) is 19.7. The molecule has 0 fully saturated rings. The summed E-state index contributed by atoms with van der Waals surface area (Å²) < 4.78 is 0. The molecule has 0 bridgehead atoms. The van der Waals surface area contributed by atoms with Gasteiger partial charge >= 0.3 is 0 Å². The van der Waals surface area contributed by atoms with Crippen molar-refractivity contribution in [1.82, 2.24) is 9.97 Å². The third kappa shape index (κ3) is 3.70. The molecule has 0 saturated heterocycles. The highest BCUT2D eigenvalue weighted by Crippen LogP contribution is 2.35. The van der Waals surface area contributed by atoms with Crippen LogP contribution in [0.15, 0.2) is 58.2 Å². The van der Waals surface area contributed by atoms with Gasteiger partial charge in [-0.2, -0.15) is 0 Å². The molecule has 0 aliphatic rings. The second kappa shape index (κ2) is 7.81. The van der Waals surface area contributed by atoms with E-state index in [1.54, 1.807) is 23.1 Å². The Hall–Kier alpha value is -2.57. The second-order valence-electron chi connectivity index (χ2n) is 6.68. The average molecular weight is 408 g/mol. The van der Waals surface area contributed by atoms with E-state index in [4.69, 9.17) is 4.98 Å². The van der Waals surface area contributed by atoms with Crippen LogP contribution in [0.4, 0.5) is 5.69 Å². The number of H-pyrrole nitrogens is 1. The zero-order valence-electron chi connectivity index (χ0n) is 16.0. The maximum atomic E-state index is 12.9. The molecule has 0 atom stereocenters. The van der Waals surface area contributed by atoms with Crippen molar-refractivity contribution in [1.29, 1.82) is 0 Å². The third-order valence-corrected chi connectivity index (χ3v) is 6.38. The summed E-state index contributed by atoms with van der Waals surface area (Å²) in [6.07, 6.45) is 2.05. The first-order valence-electron chi connectivity index (χ1n) is 9.02. The molecule has 0 spiro atoms. The van der Waals surface area contributed by atoms with Crippen LogP contribution in [0, 0.1) is 13.8 Å². The van der Waals surface area contributed by atoms with Crippen LogP contribution in [-0.2, 0) is 6.54 Å². The van der Waals surface area contributed by atoms with E-state index in [9.17, 15) is 4.79 Å². The van der Waals surface area contributed by atoms with Gasteiger partial charge in [-0.25, -0.2) is 4.98 Å². The van der Waals surface area contributed by atoms with Gasteiger partial charge in [-0.3, -0.25) is 4.79 Å². The molecule has 2 aromatic heterocycles. The molecule has 0 amide bonds. The minimum Gasteiger partial charge on any atom is -0.378 e. The van der Waals surface area contributed by atoms with E-state index >= 15 is 0 Å². The molecule has 28 heavy (non-hydrogen) atoms. The SMILES string of the molecule is CSc1cccc(NCc2nc3sc(C)c(-c4ccc(C)cc4)c3c(=O)[nH]2)c1. The number of hydrogen-bond donors (Lipinski definition) is 2. The fraction of sp³-hybridized carbons (Fsp3) is 0.182. The quantitative estimate of drug-likeness (QED) is 0.423. The van der Waals surface area contributed by atoms with Crippen molar-refractivity contribution in [3.63, 3.8) is 0 Å². The normalized spacial score (nSPS) is 11.1. The molecule has 2 heterocycles. The Kier molecular flexibility index (Phi) is 5.24. The lowest BCUT2D eigenvalue weighted by molar-refractivity contribution is 0.956. The lowest BCUT2D eigenvalue weighted by Crippen LogP contribution is -2.14. The molecule has 142 valence electrons. The Morgan fingerprint density at radius 3 is 2.68 bits per heavy atom. The van der Waals surface area contributed by atoms with Crippen molar-refractivity contribution in [2.75, 3.05) is 11.6 Å². The highest BCUT2D eigenvalue weighted by Gasteiger charge is 2.16. The first-order chi connectivity index (χ1) is 13.5. The van der Waals surface area contributed by atoms with Gasteiger partial charge in [0.25, 0.3) is 5.56 Å². The van der Waals surface area contributed by atoms with Crippen molar-refractivity contribution in [2.45, 2.75) is 25.3 Å². The number of rotatable bonds is 5. The van der Waals surface area contributed by atoms with Crippen molar-refractivity contribution in [3.8, 4) is 11.1 Å². The number of aromatic nitrogens is 2. The highest BCUT2D eigenvalue weighted by molar-refractivity contribution is 7.98. The number of aryl methyl sites for hydroxylation is 2. The lowest BCUT2D eigenvalue weighted by Gasteiger charge is -2.07. The van der Waals surface area contributed by atoms with E-state index in [1.807, 2.05) is 19.1 Å². The van der Waals surface area contributed by atoms with Crippen molar-refractivity contribution in [3.05, 3.63) is 75.1 Å². The lowest BCUT2D eigenvalue weighted by atomic mass is 10.0. The number of hydrogen-bond acceptors (Lipinski definition) is 5. The number of benzene rings is 2. The minimum absolute atomic E-state index is 0.0837. The maximum absolute atomic E-state index is 12.9. The Bertz CT molecular complexity index is 1190. The number of thioether (sulfide) groups is 1. The van der Waals surface area contributed by atoms with E-state index in [1.165, 1.54) is 10.5 Å². The fourth-order valence-corrected chi connectivity index (χ4v) is 4.76. The largest absolute Gasteiger partial charge is 0.378 e. The van der Waals surface area contributed by atoms with Gasteiger partial charge in [-0.15, -0.1) is 23.1 Å². The molecule has 2 N–H and O–H groups in total. The summed E-state index contributed by atoms with van der Waals surface area (Å²) in [5.41, 5.74) is 4.17. The van der Waals surface area contributed by atoms with Crippen LogP contribution >= 0.6 is 23.1 Å². The van der Waals surface area contributed by atoms with Crippen molar-refractivity contribution < 1.29 is 0 Å². The van der Waals surface area contributed by atoms with E-state index < -0.39 is 0 Å². The second-order valence-corrected chi connectivity index (χ2v) is 8.76. The minimum atomic E-state index is -0.0837. The summed E-state index contributed by atoms with van der Waals surface area (Å²) in [5, 5.41) is 4.03. The predicted octanol–water partition coefficient (Wildman–Crippen LogP) is 5.60. The molecule has 0 radical (unpaired) electrons. The van der Waals surface area contributed by atoms with Crippen LogP contribution < -0.4 is 10.9 Å². The smallest absolute Gasteiger partial charge is 0.260 e. The van der Waals surface area contributed by atoms with Gasteiger partial charge in [0.2, 0.25) is 0 Å². The van der Waals surface area contributed by atoms with E-state index in [0.717, 1.165) is 26.5 Å². The summed E-state index contributed by atoms with van der Waals surface area (Å²) in [6.45, 7) is 4.58. The van der Waals surface area contributed by atoms with Gasteiger partial charge in [-0.05, 0) is 43.9 Å². The number of fused-ring (bicyclic) bond motifs is 1. The first kappa shape index (κ1) is 18.8. The Morgan fingerprint density at radius 1 is 1.14 bits per heavy atom. The molecule has 6 heteroatoms. The van der Waals surface area contributed by atoms with Gasteiger partial charge < -0.3 is 10.3 Å². The monoisotopic (exact) mass is 407 g/mol. The average Bonchev–Trinajstić information content (AvgIpc) is 3.03. The third-order valence-electron chi connectivity index (χ3n) is 4.66. The van der Waals surface area contributed by atoms with E-state index in [-0.39, 0.29) is 5.56 Å². The summed E-state index contributed by atoms with van der Waals surface area (Å²) >= 11 is 3.27. The van der Waals surface area contributed by atoms with Crippen LogP contribution in [0.3, 0.4) is 0 Å². The van der Waals surface area contributed by atoms with Gasteiger partial charge in [-0.1, -0.05) is 35.9 Å². The summed E-state index contributed by atoms with van der Waals surface area (Å²) in [6, 6.07) is 16.5. The summed E-state index contributed by atoms with van der Waals surface area (Å²) in [7, 11) is 0. The molecular formula is C22H21N3OS2. The van der Waals surface area contributed by atoms with E-state index in [0.29, 0.717) is 17.8 Å². The number of aromatic amines is 1. The molecule has 4 nitrogen and oxygen atoms in total. The van der Waals surface area contributed by atoms with Crippen molar-refractivity contribution in [2.24, 2.45) is 0 Å². The Labute approximate surface area is 172 Å². The topological polar surface area (TPSA) is 57.8 Å². The molecule has 0 unspecified atom stereocenters. The molecule has 0 aliphatic heterocycles. The predicted molar refractivity (Wildman–Crippen MR) is 121 cm³/mol. The molecular weight excluding hydrogens is 386 g/mol. The maximum Gasteiger partial charge on any atom is 0.260 e. The zero-order valence-corrected chi connectivity index (χ0v) is 17.6. The number of thiophene rings is 1. The number of anilines is 1. The summed E-state index contributed by atoms with van der Waals surface area (Å²) in [5.74, 6) is 0.642. The highest BCUT2D eigenvalue weighted by atomic mass is 32.2. The van der Waals surface area contributed by atoms with E-state index in [2.05, 4.69) is 59.9 Å². The molecule has 0 saturated carbocycles. The van der Waals surface area contributed by atoms with Gasteiger partial charge in [0.15, 0.2) is 0 Å². The molecule has 0 aliphatic carbocycles. The first-order valence-corrected chi connectivity index (χ1v) is 11.1. The van der Waals surface area contributed by atoms with Gasteiger partial charge in [0.05, 0.1) is 11.9 Å².